The Labute approximate surface area is 128 Å². The third-order valence-electron chi connectivity index (χ3n) is 3.47. The van der Waals surface area contributed by atoms with E-state index in [1.807, 2.05) is 6.07 Å². The lowest BCUT2D eigenvalue weighted by molar-refractivity contribution is 0.0822. The molecule has 2 nitrogen and oxygen atoms in total. The summed E-state index contributed by atoms with van der Waals surface area (Å²) < 4.78 is 6.14. The number of benzene rings is 2. The highest BCUT2D eigenvalue weighted by molar-refractivity contribution is 5.31. The molecule has 0 fully saturated rings. The topological polar surface area (TPSA) is 21.3 Å². The van der Waals surface area contributed by atoms with Gasteiger partial charge in [-0.2, -0.15) is 0 Å². The Balaban J connectivity index is 2.06. The van der Waals surface area contributed by atoms with Crippen molar-refractivity contribution in [2.24, 2.45) is 0 Å². The average Bonchev–Trinajstić information content (AvgIpc) is 2.53. The van der Waals surface area contributed by atoms with Gasteiger partial charge in [-0.1, -0.05) is 67.1 Å². The SMILES string of the molecule is CCCNCCO[C@H](c1ccccc1)c1ccc(C)cc1. The van der Waals surface area contributed by atoms with Gasteiger partial charge >= 0.3 is 0 Å². The standard InChI is InChI=1S/C19H25NO/c1-3-13-20-14-15-21-19(17-7-5-4-6-8-17)18-11-9-16(2)10-12-18/h4-12,19-20H,3,13-15H2,1-2H3/t19-/m1/s1. The van der Waals surface area contributed by atoms with Crippen molar-refractivity contribution in [3.63, 3.8) is 0 Å². The second kappa shape index (κ2) is 8.60. The molecule has 0 aliphatic heterocycles. The fourth-order valence-corrected chi connectivity index (χ4v) is 2.30. The molecule has 0 bridgehead atoms. The molecule has 0 amide bonds. The molecule has 2 heteroatoms. The molecule has 0 radical (unpaired) electrons. The number of rotatable bonds is 8. The van der Waals surface area contributed by atoms with Crippen molar-refractivity contribution in [1.29, 1.82) is 0 Å². The van der Waals surface area contributed by atoms with Crippen molar-refractivity contribution in [2.45, 2.75) is 26.4 Å². The molecule has 0 heterocycles. The zero-order valence-corrected chi connectivity index (χ0v) is 13.0. The normalized spacial score (nSPS) is 12.3. The van der Waals surface area contributed by atoms with Gasteiger partial charge in [-0.05, 0) is 31.0 Å². The third kappa shape index (κ3) is 5.00. The lowest BCUT2D eigenvalue weighted by atomic mass is 10.0. The Morgan fingerprint density at radius 3 is 2.24 bits per heavy atom. The van der Waals surface area contributed by atoms with Gasteiger partial charge in [0.1, 0.15) is 6.10 Å². The van der Waals surface area contributed by atoms with E-state index in [9.17, 15) is 0 Å². The summed E-state index contributed by atoms with van der Waals surface area (Å²) in [6, 6.07) is 19.0. The van der Waals surface area contributed by atoms with Crippen LogP contribution in [0.3, 0.4) is 0 Å². The minimum atomic E-state index is 0.00947. The van der Waals surface area contributed by atoms with Crippen LogP contribution in [0.25, 0.3) is 0 Å². The van der Waals surface area contributed by atoms with Gasteiger partial charge in [0.15, 0.2) is 0 Å². The van der Waals surface area contributed by atoms with Gasteiger partial charge in [0, 0.05) is 6.54 Å². The molecule has 2 rings (SSSR count). The van der Waals surface area contributed by atoms with E-state index in [4.69, 9.17) is 4.74 Å². The first-order chi connectivity index (χ1) is 10.3. The van der Waals surface area contributed by atoms with Crippen LogP contribution in [0, 0.1) is 6.92 Å². The van der Waals surface area contributed by atoms with E-state index in [-0.39, 0.29) is 6.10 Å². The number of nitrogens with one attached hydrogen (secondary N) is 1. The summed E-state index contributed by atoms with van der Waals surface area (Å²) >= 11 is 0. The molecule has 0 aromatic heterocycles. The molecule has 1 atom stereocenters. The molecule has 0 spiro atoms. The van der Waals surface area contributed by atoms with Crippen LogP contribution in [0.1, 0.15) is 36.1 Å². The first-order valence-electron chi connectivity index (χ1n) is 7.75. The summed E-state index contributed by atoms with van der Waals surface area (Å²) in [5, 5.41) is 3.38. The van der Waals surface area contributed by atoms with E-state index in [1.54, 1.807) is 0 Å². The van der Waals surface area contributed by atoms with Crippen LogP contribution in [0.4, 0.5) is 0 Å². The van der Waals surface area contributed by atoms with Gasteiger partial charge in [-0.3, -0.25) is 0 Å². The van der Waals surface area contributed by atoms with Crippen LogP contribution in [-0.2, 0) is 4.74 Å². The van der Waals surface area contributed by atoms with Crippen LogP contribution >= 0.6 is 0 Å². The van der Waals surface area contributed by atoms with Crippen molar-refractivity contribution in [3.05, 3.63) is 71.3 Å². The van der Waals surface area contributed by atoms with Crippen LogP contribution in [-0.4, -0.2) is 19.7 Å². The van der Waals surface area contributed by atoms with Crippen molar-refractivity contribution < 1.29 is 4.74 Å². The zero-order chi connectivity index (χ0) is 14.9. The van der Waals surface area contributed by atoms with E-state index in [0.717, 1.165) is 19.5 Å². The highest BCUT2D eigenvalue weighted by Crippen LogP contribution is 2.25. The first-order valence-corrected chi connectivity index (χ1v) is 7.75. The Hall–Kier alpha value is -1.64. The first kappa shape index (κ1) is 15.7. The van der Waals surface area contributed by atoms with Gasteiger partial charge in [-0.15, -0.1) is 0 Å². The monoisotopic (exact) mass is 283 g/mol. The van der Waals surface area contributed by atoms with Gasteiger partial charge in [0.25, 0.3) is 0 Å². The summed E-state index contributed by atoms with van der Waals surface area (Å²) in [6.07, 6.45) is 1.16. The molecule has 0 unspecified atom stereocenters. The Kier molecular flexibility index (Phi) is 6.45. The third-order valence-corrected chi connectivity index (χ3v) is 3.47. The van der Waals surface area contributed by atoms with Crippen LogP contribution < -0.4 is 5.32 Å². The van der Waals surface area contributed by atoms with Gasteiger partial charge in [-0.25, -0.2) is 0 Å². The summed E-state index contributed by atoms with van der Waals surface area (Å²) in [5.74, 6) is 0. The molecule has 1 N–H and O–H groups in total. The Bertz CT molecular complexity index is 507. The zero-order valence-electron chi connectivity index (χ0n) is 13.0. The smallest absolute Gasteiger partial charge is 0.108 e. The van der Waals surface area contributed by atoms with E-state index in [0.29, 0.717) is 6.61 Å². The van der Waals surface area contributed by atoms with Gasteiger partial charge in [0.2, 0.25) is 0 Å². The number of ether oxygens (including phenoxy) is 1. The molecular formula is C19H25NO. The van der Waals surface area contributed by atoms with Crippen molar-refractivity contribution in [2.75, 3.05) is 19.7 Å². The lowest BCUT2D eigenvalue weighted by Gasteiger charge is -2.19. The molecule has 2 aromatic carbocycles. The van der Waals surface area contributed by atoms with Gasteiger partial charge in [0.05, 0.1) is 6.61 Å². The van der Waals surface area contributed by atoms with Gasteiger partial charge < -0.3 is 10.1 Å². The average molecular weight is 283 g/mol. The maximum Gasteiger partial charge on any atom is 0.108 e. The predicted octanol–water partition coefficient (Wildman–Crippen LogP) is 4.10. The quantitative estimate of drug-likeness (QED) is 0.736. The van der Waals surface area contributed by atoms with Crippen molar-refractivity contribution in [1.82, 2.24) is 5.32 Å². The Morgan fingerprint density at radius 2 is 1.57 bits per heavy atom. The fraction of sp³-hybridized carbons (Fsp3) is 0.368. The summed E-state index contributed by atoms with van der Waals surface area (Å²) in [5.41, 5.74) is 3.69. The lowest BCUT2D eigenvalue weighted by Crippen LogP contribution is -2.21. The largest absolute Gasteiger partial charge is 0.367 e. The van der Waals surface area contributed by atoms with Crippen LogP contribution in [0.15, 0.2) is 54.6 Å². The maximum atomic E-state index is 6.14. The molecule has 2 aromatic rings. The molecule has 0 saturated heterocycles. The minimum Gasteiger partial charge on any atom is -0.367 e. The highest BCUT2D eigenvalue weighted by atomic mass is 16.5. The molecular weight excluding hydrogens is 258 g/mol. The number of hydrogen-bond donors (Lipinski definition) is 1. The molecule has 0 aliphatic carbocycles. The molecule has 0 aliphatic rings. The molecule has 112 valence electrons. The molecule has 0 saturated carbocycles. The number of hydrogen-bond acceptors (Lipinski definition) is 2. The Morgan fingerprint density at radius 1 is 0.905 bits per heavy atom. The van der Waals surface area contributed by atoms with E-state index >= 15 is 0 Å². The summed E-state index contributed by atoms with van der Waals surface area (Å²) in [4.78, 5) is 0. The second-order valence-electron chi connectivity index (χ2n) is 5.32. The minimum absolute atomic E-state index is 0.00947. The highest BCUT2D eigenvalue weighted by Gasteiger charge is 2.14. The van der Waals surface area contributed by atoms with Crippen LogP contribution in [0.5, 0.6) is 0 Å². The van der Waals surface area contributed by atoms with Crippen molar-refractivity contribution in [3.8, 4) is 0 Å². The van der Waals surface area contributed by atoms with E-state index in [1.165, 1.54) is 16.7 Å². The van der Waals surface area contributed by atoms with E-state index < -0.39 is 0 Å². The van der Waals surface area contributed by atoms with Crippen molar-refractivity contribution >= 4 is 0 Å². The predicted molar refractivity (Wildman–Crippen MR) is 88.6 cm³/mol. The maximum absolute atomic E-state index is 6.14. The summed E-state index contributed by atoms with van der Waals surface area (Å²) in [6.45, 7) is 6.93. The second-order valence-corrected chi connectivity index (χ2v) is 5.32. The molecule has 21 heavy (non-hydrogen) atoms. The number of aryl methyl sites for hydroxylation is 1. The van der Waals surface area contributed by atoms with E-state index in [2.05, 4.69) is 67.7 Å². The van der Waals surface area contributed by atoms with Crippen LogP contribution in [0.2, 0.25) is 0 Å². The fourth-order valence-electron chi connectivity index (χ4n) is 2.30. The summed E-state index contributed by atoms with van der Waals surface area (Å²) in [7, 11) is 0.